The summed E-state index contributed by atoms with van der Waals surface area (Å²) in [4.78, 5) is 17.9. The minimum absolute atomic E-state index is 0.0754. The molecule has 2 fully saturated rings. The molecule has 2 atom stereocenters. The highest BCUT2D eigenvalue weighted by Crippen LogP contribution is 2.39. The summed E-state index contributed by atoms with van der Waals surface area (Å²) in [6.45, 7) is 0. The molecule has 9 heteroatoms. The van der Waals surface area contributed by atoms with Gasteiger partial charge in [0.25, 0.3) is 5.91 Å². The van der Waals surface area contributed by atoms with Gasteiger partial charge in [0.1, 0.15) is 6.17 Å². The fourth-order valence-corrected chi connectivity index (χ4v) is 5.23. The second-order valence-electron chi connectivity index (χ2n) is 7.88. The fourth-order valence-electron chi connectivity index (χ4n) is 4.00. The Hall–Kier alpha value is -3.43. The van der Waals surface area contributed by atoms with Crippen molar-refractivity contribution in [2.45, 2.75) is 11.7 Å². The lowest BCUT2D eigenvalue weighted by Gasteiger charge is -2.13. The highest BCUT2D eigenvalue weighted by atomic mass is 35.5. The number of nitrogens with one attached hydrogen (secondary N) is 2. The van der Waals surface area contributed by atoms with Crippen molar-refractivity contribution in [1.29, 1.82) is 0 Å². The van der Waals surface area contributed by atoms with Crippen LogP contribution in [0.3, 0.4) is 0 Å². The zero-order chi connectivity index (χ0) is 23.1. The van der Waals surface area contributed by atoms with Crippen LogP contribution in [0, 0.1) is 0 Å². The Balaban J connectivity index is 1.33. The molecular formula is C25H19ClN6OS. The second-order valence-corrected chi connectivity index (χ2v) is 9.44. The summed E-state index contributed by atoms with van der Waals surface area (Å²) in [7, 11) is 0. The van der Waals surface area contributed by atoms with Gasteiger partial charge >= 0.3 is 0 Å². The fraction of sp³-hybridized carbons (Fsp3) is 0.0800. The largest absolute Gasteiger partial charge is 0.276 e. The van der Waals surface area contributed by atoms with E-state index in [1.807, 2.05) is 83.7 Å². The Labute approximate surface area is 205 Å². The van der Waals surface area contributed by atoms with E-state index >= 15 is 0 Å². The SMILES string of the molecule is O=C1/C(=C/c2cn(-c3ccccc3)nc2-c2ccc(Cl)cc2)SC2NC(c3ccncc3)NN12. The van der Waals surface area contributed by atoms with Crippen molar-refractivity contribution in [3.8, 4) is 16.9 Å². The van der Waals surface area contributed by atoms with E-state index in [-0.39, 0.29) is 17.6 Å². The first-order valence-electron chi connectivity index (χ1n) is 10.7. The standard InChI is InChI=1S/C25H19ClN6OS/c26-19-8-6-16(7-9-19)22-18(15-31(29-22)20-4-2-1-3-5-20)14-21-24(33)32-25(34-21)28-23(30-32)17-10-12-27-13-11-17/h1-15,23,25,28,30H/b21-14-. The van der Waals surface area contributed by atoms with Gasteiger partial charge in [-0.15, -0.1) is 0 Å². The summed E-state index contributed by atoms with van der Waals surface area (Å²) in [5, 5.41) is 10.6. The smallest absolute Gasteiger partial charge is 0.267 e. The van der Waals surface area contributed by atoms with Gasteiger partial charge in [-0.25, -0.2) is 15.1 Å². The summed E-state index contributed by atoms with van der Waals surface area (Å²) >= 11 is 7.58. The molecular weight excluding hydrogens is 468 g/mol. The zero-order valence-corrected chi connectivity index (χ0v) is 19.4. The molecule has 2 unspecified atom stereocenters. The molecule has 0 radical (unpaired) electrons. The number of aromatic nitrogens is 3. The van der Waals surface area contributed by atoms with Crippen molar-refractivity contribution >= 4 is 35.3 Å². The number of fused-ring (bicyclic) bond motifs is 1. The van der Waals surface area contributed by atoms with E-state index in [1.54, 1.807) is 17.4 Å². The van der Waals surface area contributed by atoms with Crippen LogP contribution in [-0.4, -0.2) is 31.2 Å². The lowest BCUT2D eigenvalue weighted by atomic mass is 10.1. The van der Waals surface area contributed by atoms with Crippen molar-refractivity contribution in [3.05, 3.63) is 106 Å². The summed E-state index contributed by atoms with van der Waals surface area (Å²) in [6.07, 6.45) is 7.20. The highest BCUT2D eigenvalue weighted by Gasteiger charge is 2.43. The van der Waals surface area contributed by atoms with Gasteiger partial charge in [0, 0.05) is 34.7 Å². The van der Waals surface area contributed by atoms with Crippen molar-refractivity contribution in [2.24, 2.45) is 0 Å². The first kappa shape index (κ1) is 21.1. The molecule has 6 rings (SSSR count). The number of carbonyl (C=O) groups excluding carboxylic acids is 1. The molecule has 0 bridgehead atoms. The first-order chi connectivity index (χ1) is 16.7. The summed E-state index contributed by atoms with van der Waals surface area (Å²) in [5.74, 6) is -0.0754. The van der Waals surface area contributed by atoms with Crippen LogP contribution in [-0.2, 0) is 4.79 Å². The van der Waals surface area contributed by atoms with Crippen LogP contribution in [0.5, 0.6) is 0 Å². The summed E-state index contributed by atoms with van der Waals surface area (Å²) in [6, 6.07) is 21.3. The number of hydrazine groups is 1. The third-order valence-electron chi connectivity index (χ3n) is 5.69. The molecule has 0 aliphatic carbocycles. The Bertz CT molecular complexity index is 1370. The van der Waals surface area contributed by atoms with Crippen LogP contribution in [0.15, 0.2) is 90.2 Å². The molecule has 4 aromatic rings. The van der Waals surface area contributed by atoms with Gasteiger partial charge in [0.05, 0.1) is 16.3 Å². The number of amides is 1. The van der Waals surface area contributed by atoms with E-state index in [0.717, 1.165) is 28.1 Å². The van der Waals surface area contributed by atoms with Crippen LogP contribution >= 0.6 is 23.4 Å². The molecule has 2 aromatic carbocycles. The Morgan fingerprint density at radius 1 is 1.00 bits per heavy atom. The predicted octanol–water partition coefficient (Wildman–Crippen LogP) is 4.59. The van der Waals surface area contributed by atoms with Crippen molar-refractivity contribution in [3.63, 3.8) is 0 Å². The molecule has 0 saturated carbocycles. The maximum atomic E-state index is 13.2. The number of halogens is 1. The van der Waals surface area contributed by atoms with Crippen molar-refractivity contribution < 1.29 is 4.79 Å². The second kappa shape index (κ2) is 8.73. The molecule has 168 valence electrons. The number of rotatable bonds is 4. The molecule has 34 heavy (non-hydrogen) atoms. The van der Waals surface area contributed by atoms with Gasteiger partial charge in [-0.05, 0) is 48.0 Å². The number of hydrogen-bond acceptors (Lipinski definition) is 6. The summed E-state index contributed by atoms with van der Waals surface area (Å²) in [5.41, 5.74) is 7.60. The Morgan fingerprint density at radius 3 is 2.50 bits per heavy atom. The lowest BCUT2D eigenvalue weighted by molar-refractivity contribution is -0.127. The average molecular weight is 487 g/mol. The number of benzene rings is 2. The van der Waals surface area contributed by atoms with Crippen LogP contribution in [0.4, 0.5) is 0 Å². The third kappa shape index (κ3) is 3.91. The molecule has 7 nitrogen and oxygen atoms in total. The van der Waals surface area contributed by atoms with Crippen LogP contribution in [0.25, 0.3) is 23.0 Å². The van der Waals surface area contributed by atoms with Gasteiger partial charge in [0.2, 0.25) is 0 Å². The van der Waals surface area contributed by atoms with Crippen LogP contribution in [0.1, 0.15) is 17.3 Å². The number of hydrogen-bond donors (Lipinski definition) is 2. The van der Waals surface area contributed by atoms with Gasteiger partial charge in [0.15, 0.2) is 5.50 Å². The Kier molecular flexibility index (Phi) is 5.43. The maximum Gasteiger partial charge on any atom is 0.276 e. The monoisotopic (exact) mass is 486 g/mol. The molecule has 2 aromatic heterocycles. The van der Waals surface area contributed by atoms with Crippen molar-refractivity contribution in [1.82, 2.24) is 30.5 Å². The van der Waals surface area contributed by atoms with E-state index in [4.69, 9.17) is 16.7 Å². The van der Waals surface area contributed by atoms with Crippen molar-refractivity contribution in [2.75, 3.05) is 0 Å². The van der Waals surface area contributed by atoms with Gasteiger partial charge in [-0.2, -0.15) is 5.10 Å². The molecule has 4 heterocycles. The number of para-hydroxylation sites is 1. The molecule has 2 N–H and O–H groups in total. The Morgan fingerprint density at radius 2 is 1.76 bits per heavy atom. The average Bonchev–Trinajstić information content (AvgIpc) is 3.56. The van der Waals surface area contributed by atoms with E-state index in [0.29, 0.717) is 9.93 Å². The van der Waals surface area contributed by atoms with Gasteiger partial charge in [-0.3, -0.25) is 15.1 Å². The van der Waals surface area contributed by atoms with Crippen LogP contribution in [0.2, 0.25) is 5.02 Å². The number of pyridine rings is 1. The summed E-state index contributed by atoms with van der Waals surface area (Å²) < 4.78 is 1.83. The maximum absolute atomic E-state index is 13.2. The quantitative estimate of drug-likeness (QED) is 0.411. The highest BCUT2D eigenvalue weighted by molar-refractivity contribution is 8.05. The number of carbonyl (C=O) groups is 1. The van der Waals surface area contributed by atoms with E-state index in [9.17, 15) is 4.79 Å². The third-order valence-corrected chi connectivity index (χ3v) is 7.06. The molecule has 1 amide bonds. The minimum Gasteiger partial charge on any atom is -0.267 e. The topological polar surface area (TPSA) is 75.1 Å². The van der Waals surface area contributed by atoms with Gasteiger partial charge in [-0.1, -0.05) is 53.7 Å². The molecule has 2 saturated heterocycles. The van der Waals surface area contributed by atoms with E-state index in [2.05, 4.69) is 15.7 Å². The van der Waals surface area contributed by atoms with E-state index < -0.39 is 0 Å². The number of nitrogens with zero attached hydrogens (tertiary/aromatic N) is 4. The van der Waals surface area contributed by atoms with Crippen LogP contribution < -0.4 is 10.7 Å². The lowest BCUT2D eigenvalue weighted by Crippen LogP contribution is -2.37. The molecule has 2 aliphatic heterocycles. The van der Waals surface area contributed by atoms with Gasteiger partial charge < -0.3 is 0 Å². The number of thioether (sulfide) groups is 1. The molecule has 2 aliphatic rings. The first-order valence-corrected chi connectivity index (χ1v) is 12.0. The normalized spacial score (nSPS) is 20.8. The molecule has 0 spiro atoms. The van der Waals surface area contributed by atoms with E-state index in [1.165, 1.54) is 11.8 Å². The minimum atomic E-state index is -0.194. The zero-order valence-electron chi connectivity index (χ0n) is 17.8. The predicted molar refractivity (Wildman–Crippen MR) is 133 cm³/mol.